The molecule has 0 aromatic carbocycles. The van der Waals surface area contributed by atoms with E-state index in [0.29, 0.717) is 5.92 Å². The fourth-order valence-corrected chi connectivity index (χ4v) is 4.91. The number of quaternary nitrogens is 1. The first kappa shape index (κ1) is 16.0. The van der Waals surface area contributed by atoms with Gasteiger partial charge in [0.15, 0.2) is 0 Å². The second kappa shape index (κ2) is 6.32. The van der Waals surface area contributed by atoms with Crippen LogP contribution in [0, 0.1) is 17.3 Å². The standard InChI is InChI=1S/C18H29NO3/c1-12-5-3-6-18(2)10-16-13(9-15(12)18)14(17(21)22-16)11-19-7-4-8-20/h13-14,16,19-20H,3-11H2,1-2H3/p+1/t13-,14-,16-,18-/m1/s1. The van der Waals surface area contributed by atoms with E-state index in [9.17, 15) is 4.79 Å². The summed E-state index contributed by atoms with van der Waals surface area (Å²) in [5.41, 5.74) is 3.45. The van der Waals surface area contributed by atoms with Crippen molar-refractivity contribution in [3.63, 3.8) is 0 Å². The average Bonchev–Trinajstić information content (AvgIpc) is 2.76. The van der Waals surface area contributed by atoms with Gasteiger partial charge in [-0.25, -0.2) is 0 Å². The van der Waals surface area contributed by atoms with Gasteiger partial charge in [-0.2, -0.15) is 0 Å². The number of allylic oxidation sites excluding steroid dienone is 2. The summed E-state index contributed by atoms with van der Waals surface area (Å²) in [4.78, 5) is 12.3. The summed E-state index contributed by atoms with van der Waals surface area (Å²) in [6, 6.07) is 0. The Bertz CT molecular complexity index is 473. The van der Waals surface area contributed by atoms with Gasteiger partial charge in [0.05, 0.1) is 13.1 Å². The summed E-state index contributed by atoms with van der Waals surface area (Å²) in [7, 11) is 0. The van der Waals surface area contributed by atoms with Crippen LogP contribution in [0.3, 0.4) is 0 Å². The third kappa shape index (κ3) is 2.83. The van der Waals surface area contributed by atoms with Crippen LogP contribution in [-0.2, 0) is 9.53 Å². The highest BCUT2D eigenvalue weighted by atomic mass is 16.6. The molecule has 1 saturated carbocycles. The van der Waals surface area contributed by atoms with Crippen molar-refractivity contribution in [2.45, 2.75) is 58.5 Å². The lowest BCUT2D eigenvalue weighted by Gasteiger charge is -2.45. The normalized spacial score (nSPS) is 37.8. The van der Waals surface area contributed by atoms with Gasteiger partial charge < -0.3 is 15.2 Å². The molecule has 4 heteroatoms. The zero-order valence-corrected chi connectivity index (χ0v) is 13.9. The molecule has 1 aliphatic heterocycles. The SMILES string of the molecule is CC1=C2C[C@H]3[C@@H](C[C@@]2(C)CCC1)OC(=O)[C@@H]3C[NH2+]CCCO. The van der Waals surface area contributed by atoms with E-state index in [1.807, 2.05) is 0 Å². The molecule has 1 heterocycles. The molecule has 2 aliphatic carbocycles. The van der Waals surface area contributed by atoms with Crippen LogP contribution in [0.25, 0.3) is 0 Å². The highest BCUT2D eigenvalue weighted by Crippen LogP contribution is 2.54. The monoisotopic (exact) mass is 308 g/mol. The number of hydrogen-bond acceptors (Lipinski definition) is 3. The third-order valence-corrected chi connectivity index (χ3v) is 6.17. The van der Waals surface area contributed by atoms with Crippen LogP contribution in [-0.4, -0.2) is 36.9 Å². The number of nitrogens with two attached hydrogens (primary N) is 1. The van der Waals surface area contributed by atoms with Crippen molar-refractivity contribution in [3.8, 4) is 0 Å². The van der Waals surface area contributed by atoms with Gasteiger partial charge in [-0.1, -0.05) is 18.1 Å². The predicted octanol–water partition coefficient (Wildman–Crippen LogP) is 1.39. The number of aliphatic hydroxyl groups is 1. The van der Waals surface area contributed by atoms with Crippen LogP contribution >= 0.6 is 0 Å². The molecule has 0 unspecified atom stereocenters. The minimum atomic E-state index is 0.00995. The Morgan fingerprint density at radius 3 is 3.05 bits per heavy atom. The van der Waals surface area contributed by atoms with E-state index in [-0.39, 0.29) is 30.0 Å². The molecule has 3 aliphatic rings. The molecule has 1 saturated heterocycles. The molecule has 0 amide bonds. The summed E-state index contributed by atoms with van der Waals surface area (Å²) in [6.45, 7) is 6.57. The van der Waals surface area contributed by atoms with E-state index in [1.54, 1.807) is 11.1 Å². The van der Waals surface area contributed by atoms with Crippen LogP contribution in [0.2, 0.25) is 0 Å². The van der Waals surface area contributed by atoms with Gasteiger partial charge in [0, 0.05) is 18.9 Å². The van der Waals surface area contributed by atoms with Crippen LogP contribution in [0.4, 0.5) is 0 Å². The largest absolute Gasteiger partial charge is 0.462 e. The smallest absolute Gasteiger partial charge is 0.315 e. The van der Waals surface area contributed by atoms with Crippen LogP contribution in [0.5, 0.6) is 0 Å². The number of carbonyl (C=O) groups is 1. The van der Waals surface area contributed by atoms with Crippen LogP contribution in [0.1, 0.15) is 52.4 Å². The molecule has 4 nitrogen and oxygen atoms in total. The van der Waals surface area contributed by atoms with Crippen molar-refractivity contribution in [2.24, 2.45) is 17.3 Å². The van der Waals surface area contributed by atoms with Crippen molar-refractivity contribution >= 4 is 5.97 Å². The highest BCUT2D eigenvalue weighted by molar-refractivity contribution is 5.75. The molecule has 0 bridgehead atoms. The number of carbonyl (C=O) groups excluding carboxylic acids is 1. The van der Waals surface area contributed by atoms with Crippen molar-refractivity contribution in [1.82, 2.24) is 0 Å². The lowest BCUT2D eigenvalue weighted by Crippen LogP contribution is -2.86. The van der Waals surface area contributed by atoms with Crippen molar-refractivity contribution in [3.05, 3.63) is 11.1 Å². The molecule has 3 N–H and O–H groups in total. The van der Waals surface area contributed by atoms with E-state index in [2.05, 4.69) is 19.2 Å². The van der Waals surface area contributed by atoms with E-state index < -0.39 is 0 Å². The van der Waals surface area contributed by atoms with Crippen molar-refractivity contribution in [2.75, 3.05) is 19.7 Å². The number of aliphatic hydroxyl groups excluding tert-OH is 1. The lowest BCUT2D eigenvalue weighted by atomic mass is 9.59. The minimum Gasteiger partial charge on any atom is -0.462 e. The summed E-state index contributed by atoms with van der Waals surface area (Å²) >= 11 is 0. The third-order valence-electron chi connectivity index (χ3n) is 6.17. The zero-order valence-electron chi connectivity index (χ0n) is 13.9. The van der Waals surface area contributed by atoms with Crippen LogP contribution < -0.4 is 5.32 Å². The fraction of sp³-hybridized carbons (Fsp3) is 0.833. The van der Waals surface area contributed by atoms with Gasteiger partial charge in [-0.15, -0.1) is 0 Å². The average molecular weight is 308 g/mol. The topological polar surface area (TPSA) is 63.1 Å². The molecule has 2 fully saturated rings. The Morgan fingerprint density at radius 2 is 2.27 bits per heavy atom. The summed E-state index contributed by atoms with van der Waals surface area (Å²) in [5.74, 6) is 0.417. The quantitative estimate of drug-likeness (QED) is 0.458. The number of esters is 1. The Morgan fingerprint density at radius 1 is 1.45 bits per heavy atom. The Hall–Kier alpha value is -0.870. The molecule has 0 spiro atoms. The Labute approximate surface area is 133 Å². The molecule has 22 heavy (non-hydrogen) atoms. The molecule has 124 valence electrons. The van der Waals surface area contributed by atoms with Gasteiger partial charge in [0.2, 0.25) is 0 Å². The van der Waals surface area contributed by atoms with Gasteiger partial charge in [-0.05, 0) is 44.4 Å². The molecular weight excluding hydrogens is 278 g/mol. The molecule has 0 radical (unpaired) electrons. The molecule has 0 aromatic heterocycles. The second-order valence-corrected chi connectivity index (χ2v) is 7.72. The summed E-state index contributed by atoms with van der Waals surface area (Å²) < 4.78 is 5.75. The second-order valence-electron chi connectivity index (χ2n) is 7.72. The van der Waals surface area contributed by atoms with E-state index in [1.165, 1.54) is 19.3 Å². The number of rotatable bonds is 5. The minimum absolute atomic E-state index is 0.00995. The van der Waals surface area contributed by atoms with Gasteiger partial charge in [-0.3, -0.25) is 4.79 Å². The van der Waals surface area contributed by atoms with E-state index >= 15 is 0 Å². The maximum atomic E-state index is 12.3. The van der Waals surface area contributed by atoms with Gasteiger partial charge in [0.1, 0.15) is 12.0 Å². The molecule has 4 atom stereocenters. The number of fused-ring (bicyclic) bond motifs is 2. The van der Waals surface area contributed by atoms with Gasteiger partial charge in [0.25, 0.3) is 0 Å². The summed E-state index contributed by atoms with van der Waals surface area (Å²) in [6.07, 6.45) is 6.73. The lowest BCUT2D eigenvalue weighted by molar-refractivity contribution is -0.659. The predicted molar refractivity (Wildman–Crippen MR) is 84.1 cm³/mol. The molecular formula is C18H30NO3+. The van der Waals surface area contributed by atoms with E-state index in [0.717, 1.165) is 32.4 Å². The fourth-order valence-electron chi connectivity index (χ4n) is 4.91. The van der Waals surface area contributed by atoms with E-state index in [4.69, 9.17) is 9.84 Å². The Kier molecular flexibility index (Phi) is 4.60. The number of hydrogen-bond donors (Lipinski definition) is 2. The maximum absolute atomic E-state index is 12.3. The van der Waals surface area contributed by atoms with Gasteiger partial charge >= 0.3 is 5.97 Å². The molecule has 0 aromatic rings. The zero-order chi connectivity index (χ0) is 15.7. The summed E-state index contributed by atoms with van der Waals surface area (Å²) in [5, 5.41) is 11.0. The van der Waals surface area contributed by atoms with Crippen molar-refractivity contribution < 1.29 is 20.0 Å². The van der Waals surface area contributed by atoms with Crippen molar-refractivity contribution in [1.29, 1.82) is 0 Å². The highest BCUT2D eigenvalue weighted by Gasteiger charge is 2.53. The maximum Gasteiger partial charge on any atom is 0.315 e. The number of ether oxygens (including phenoxy) is 1. The molecule has 3 rings (SSSR count). The van der Waals surface area contributed by atoms with Crippen LogP contribution in [0.15, 0.2) is 11.1 Å². The first-order valence-electron chi connectivity index (χ1n) is 8.87. The Balaban J connectivity index is 1.71. The first-order valence-corrected chi connectivity index (χ1v) is 8.87. The first-order chi connectivity index (χ1) is 10.5.